The van der Waals surface area contributed by atoms with E-state index in [1.54, 1.807) is 19.2 Å². The number of halogens is 2. The Morgan fingerprint density at radius 3 is 2.31 bits per heavy atom. The smallest absolute Gasteiger partial charge is 0.324 e. The van der Waals surface area contributed by atoms with E-state index in [-0.39, 0.29) is 18.4 Å². The third kappa shape index (κ3) is 5.14. The molecule has 2 aromatic carbocycles. The molecule has 11 heteroatoms. The molecule has 2 spiro atoms. The number of nitrogens with zero attached hydrogens (tertiary/aromatic N) is 2. The Kier molecular flexibility index (Phi) is 8.06. The molecule has 3 heterocycles. The summed E-state index contributed by atoms with van der Waals surface area (Å²) in [5.74, 6) is -2.47. The van der Waals surface area contributed by atoms with Crippen LogP contribution in [0.15, 0.2) is 36.4 Å². The molecule has 0 bridgehead atoms. The van der Waals surface area contributed by atoms with Crippen LogP contribution in [-0.2, 0) is 32.0 Å². The number of benzene rings is 2. The number of piperidine rings is 1. The van der Waals surface area contributed by atoms with Crippen molar-refractivity contribution < 1.29 is 32.7 Å². The summed E-state index contributed by atoms with van der Waals surface area (Å²) < 4.78 is 33.7. The molecular formula is C31H36F2N4O5. The van der Waals surface area contributed by atoms with Gasteiger partial charge in [-0.05, 0) is 66.6 Å². The number of hydrogen-bond donors (Lipinski definition) is 2. The summed E-state index contributed by atoms with van der Waals surface area (Å²) in [4.78, 5) is 54.7. The topological polar surface area (TPSA) is 108 Å². The van der Waals surface area contributed by atoms with Crippen LogP contribution in [0.25, 0.3) is 0 Å². The van der Waals surface area contributed by atoms with Gasteiger partial charge in [-0.15, -0.1) is 0 Å². The van der Waals surface area contributed by atoms with Crippen LogP contribution >= 0.6 is 0 Å². The maximum Gasteiger partial charge on any atom is 0.324 e. The zero-order valence-corrected chi connectivity index (χ0v) is 24.1. The molecule has 2 atom stereocenters. The highest BCUT2D eigenvalue weighted by Crippen LogP contribution is 2.46. The fourth-order valence-corrected chi connectivity index (χ4v) is 6.77. The highest BCUT2D eigenvalue weighted by Gasteiger charge is 2.54. The molecule has 2 unspecified atom stereocenters. The van der Waals surface area contributed by atoms with Crippen LogP contribution in [0.1, 0.15) is 62.3 Å². The minimum atomic E-state index is -0.978. The van der Waals surface area contributed by atoms with Crippen molar-refractivity contribution >= 4 is 29.4 Å². The van der Waals surface area contributed by atoms with Crippen molar-refractivity contribution in [3.05, 3.63) is 64.7 Å². The second kappa shape index (κ2) is 11.4. The lowest BCUT2D eigenvalue weighted by Crippen LogP contribution is -2.54. The van der Waals surface area contributed by atoms with E-state index in [9.17, 15) is 28.0 Å². The molecule has 224 valence electrons. The van der Waals surface area contributed by atoms with Crippen LogP contribution in [-0.4, -0.2) is 65.9 Å². The first kappa shape index (κ1) is 29.6. The second-order valence-electron chi connectivity index (χ2n) is 11.3. The first-order valence-corrected chi connectivity index (χ1v) is 14.5. The predicted octanol–water partition coefficient (Wildman–Crippen LogP) is 4.11. The molecule has 0 aromatic heterocycles. The predicted molar refractivity (Wildman–Crippen MR) is 150 cm³/mol. The fraction of sp³-hybridized carbons (Fsp3) is 0.484. The summed E-state index contributed by atoms with van der Waals surface area (Å²) in [5.41, 5.74) is 0.930. The van der Waals surface area contributed by atoms with Gasteiger partial charge in [0.05, 0.1) is 11.5 Å². The second-order valence-corrected chi connectivity index (χ2v) is 11.3. The van der Waals surface area contributed by atoms with Gasteiger partial charge < -0.3 is 19.9 Å². The van der Waals surface area contributed by atoms with E-state index in [1.165, 1.54) is 21.9 Å². The molecule has 5 amide bonds. The Bertz CT molecular complexity index is 1410. The summed E-state index contributed by atoms with van der Waals surface area (Å²) in [5, 5.41) is 5.21. The minimum Gasteiger partial charge on any atom is -0.381 e. The Morgan fingerprint density at radius 1 is 1.00 bits per heavy atom. The number of carbonyl (C=O) groups is 4. The van der Waals surface area contributed by atoms with E-state index >= 15 is 0 Å². The van der Waals surface area contributed by atoms with Crippen molar-refractivity contribution in [3.8, 4) is 0 Å². The Balaban J connectivity index is 0.00000173. The summed E-state index contributed by atoms with van der Waals surface area (Å²) in [6, 6.07) is 7.46. The fourth-order valence-electron chi connectivity index (χ4n) is 6.77. The number of imide groups is 1. The van der Waals surface area contributed by atoms with Gasteiger partial charge in [-0.2, -0.15) is 0 Å². The van der Waals surface area contributed by atoms with Crippen molar-refractivity contribution in [3.63, 3.8) is 0 Å². The average molecular weight is 583 g/mol. The number of ether oxygens (including phenoxy) is 1. The van der Waals surface area contributed by atoms with Gasteiger partial charge in [0.1, 0.15) is 23.7 Å². The summed E-state index contributed by atoms with van der Waals surface area (Å²) in [6.45, 7) is 4.60. The molecule has 3 saturated heterocycles. The van der Waals surface area contributed by atoms with Gasteiger partial charge in [0, 0.05) is 44.9 Å². The molecular weight excluding hydrogens is 546 g/mol. The number of urea groups is 1. The van der Waals surface area contributed by atoms with Crippen molar-refractivity contribution in [1.82, 2.24) is 15.1 Å². The van der Waals surface area contributed by atoms with Crippen LogP contribution in [0.3, 0.4) is 0 Å². The van der Waals surface area contributed by atoms with Crippen LogP contribution in [0, 0.1) is 17.0 Å². The molecule has 6 rings (SSSR count). The van der Waals surface area contributed by atoms with Crippen molar-refractivity contribution in [2.75, 3.05) is 32.1 Å². The quantitative estimate of drug-likeness (QED) is 0.528. The first-order chi connectivity index (χ1) is 20.1. The van der Waals surface area contributed by atoms with E-state index in [1.807, 2.05) is 19.9 Å². The van der Waals surface area contributed by atoms with Crippen molar-refractivity contribution in [2.45, 2.75) is 64.0 Å². The van der Waals surface area contributed by atoms with E-state index < -0.39 is 40.6 Å². The zero-order chi connectivity index (χ0) is 30.2. The average Bonchev–Trinajstić information content (AvgIpc) is 3.45. The van der Waals surface area contributed by atoms with Crippen molar-refractivity contribution in [1.29, 1.82) is 0 Å². The number of likely N-dealkylation sites (N-methyl/N-ethyl adjacent to an activating group) is 1. The molecule has 0 saturated carbocycles. The molecule has 3 aliphatic heterocycles. The number of amides is 5. The van der Waals surface area contributed by atoms with Gasteiger partial charge in [-0.25, -0.2) is 13.6 Å². The lowest BCUT2D eigenvalue weighted by Gasteiger charge is -2.47. The SMILES string of the molecule is CC.CN1C(=O)NC(=O)C12Cc1ccc(NC(=O)CN3C(=O)C4(CCOCC4)CCC3c3cc(F)cc(F)c3)cc1C2. The molecule has 3 fully saturated rings. The van der Waals surface area contributed by atoms with Crippen LogP contribution in [0.4, 0.5) is 19.3 Å². The lowest BCUT2D eigenvalue weighted by atomic mass is 9.70. The number of carbonyl (C=O) groups excluding carboxylic acids is 4. The van der Waals surface area contributed by atoms with Gasteiger partial charge in [0.25, 0.3) is 5.91 Å². The maximum absolute atomic E-state index is 14.1. The van der Waals surface area contributed by atoms with Gasteiger partial charge in [-0.3, -0.25) is 19.7 Å². The van der Waals surface area contributed by atoms with Crippen LogP contribution in [0.5, 0.6) is 0 Å². The number of fused-ring (bicyclic) bond motifs is 1. The Morgan fingerprint density at radius 2 is 1.67 bits per heavy atom. The number of anilines is 1. The first-order valence-electron chi connectivity index (χ1n) is 14.5. The monoisotopic (exact) mass is 582 g/mol. The highest BCUT2D eigenvalue weighted by atomic mass is 19.1. The third-order valence-corrected chi connectivity index (χ3v) is 9.07. The molecule has 42 heavy (non-hydrogen) atoms. The Labute approximate surface area is 243 Å². The summed E-state index contributed by atoms with van der Waals surface area (Å²) in [6.07, 6.45) is 2.79. The van der Waals surface area contributed by atoms with E-state index in [0.717, 1.165) is 17.2 Å². The van der Waals surface area contributed by atoms with Gasteiger partial charge in [0.15, 0.2) is 0 Å². The Hall–Kier alpha value is -3.86. The maximum atomic E-state index is 14.1. The molecule has 4 aliphatic rings. The normalized spacial score (nSPS) is 24.4. The molecule has 9 nitrogen and oxygen atoms in total. The van der Waals surface area contributed by atoms with E-state index in [4.69, 9.17) is 4.74 Å². The minimum absolute atomic E-state index is 0.206. The molecule has 0 radical (unpaired) electrons. The largest absolute Gasteiger partial charge is 0.381 e. The number of hydrogen-bond acceptors (Lipinski definition) is 5. The van der Waals surface area contributed by atoms with Crippen LogP contribution < -0.4 is 10.6 Å². The number of nitrogens with one attached hydrogen (secondary N) is 2. The zero-order valence-electron chi connectivity index (χ0n) is 24.1. The summed E-state index contributed by atoms with van der Waals surface area (Å²) >= 11 is 0. The number of rotatable bonds is 4. The molecule has 1 aliphatic carbocycles. The highest BCUT2D eigenvalue weighted by molar-refractivity contribution is 6.07. The standard InChI is InChI=1S/C29H30F2N4O5.C2H6/c1-34-27(39)33-25(37)29(34)14-17-2-3-22(12-19(17)15-29)32-24(36)16-35-23(18-10-20(30)13-21(31)11-18)4-5-28(26(35)38)6-8-40-9-7-28;1-2/h2-3,10-13,23H,4-9,14-16H2,1H3,(H,32,36)(H,33,37,39);1-2H3. The van der Waals surface area contributed by atoms with Gasteiger partial charge >= 0.3 is 6.03 Å². The van der Waals surface area contributed by atoms with Crippen LogP contribution in [0.2, 0.25) is 0 Å². The van der Waals surface area contributed by atoms with E-state index in [2.05, 4.69) is 10.6 Å². The van der Waals surface area contributed by atoms with E-state index in [0.29, 0.717) is 63.0 Å². The van der Waals surface area contributed by atoms with Gasteiger partial charge in [0.2, 0.25) is 11.8 Å². The molecule has 2 N–H and O–H groups in total. The summed E-state index contributed by atoms with van der Waals surface area (Å²) in [7, 11) is 1.59. The third-order valence-electron chi connectivity index (χ3n) is 9.07. The number of likely N-dealkylation sites (tertiary alicyclic amines) is 1. The molecule has 2 aromatic rings. The van der Waals surface area contributed by atoms with Gasteiger partial charge in [-0.1, -0.05) is 19.9 Å². The van der Waals surface area contributed by atoms with Crippen molar-refractivity contribution in [2.24, 2.45) is 5.41 Å². The lowest BCUT2D eigenvalue weighted by molar-refractivity contribution is -0.159.